The number of nitrogens with zero attached hydrogens (tertiary/aromatic N) is 1. The van der Waals surface area contributed by atoms with Gasteiger partial charge in [0.05, 0.1) is 6.61 Å². The number of thiocarbonyl (C=S) groups is 1. The van der Waals surface area contributed by atoms with Gasteiger partial charge >= 0.3 is 0 Å². The van der Waals surface area contributed by atoms with Gasteiger partial charge in [-0.05, 0) is 69.1 Å². The van der Waals surface area contributed by atoms with E-state index in [0.29, 0.717) is 23.8 Å². The lowest BCUT2D eigenvalue weighted by Crippen LogP contribution is -2.49. The van der Waals surface area contributed by atoms with Gasteiger partial charge in [0.15, 0.2) is 5.11 Å². The Hall–Kier alpha value is -1.37. The number of benzene rings is 1. The van der Waals surface area contributed by atoms with Crippen LogP contribution in [0.25, 0.3) is 0 Å². The highest BCUT2D eigenvalue weighted by Crippen LogP contribution is 2.20. The van der Waals surface area contributed by atoms with Crippen LogP contribution in [0, 0.1) is 0 Å². The maximum absolute atomic E-state index is 5.47. The number of nitrogens with one attached hydrogen (secondary N) is 2. The molecule has 25 heavy (non-hydrogen) atoms. The molecule has 2 N–H and O–H groups in total. The maximum atomic E-state index is 5.47. The predicted molar refractivity (Wildman–Crippen MR) is 105 cm³/mol. The van der Waals surface area contributed by atoms with Crippen molar-refractivity contribution in [3.63, 3.8) is 0 Å². The summed E-state index contributed by atoms with van der Waals surface area (Å²) in [5, 5.41) is 7.44. The van der Waals surface area contributed by atoms with Crippen LogP contribution in [-0.4, -0.2) is 55.0 Å². The molecule has 138 valence electrons. The molecule has 1 aromatic rings. The van der Waals surface area contributed by atoms with Crippen molar-refractivity contribution in [2.24, 2.45) is 0 Å². The van der Waals surface area contributed by atoms with E-state index >= 15 is 0 Å². The van der Waals surface area contributed by atoms with Crippen LogP contribution >= 0.6 is 12.2 Å². The van der Waals surface area contributed by atoms with E-state index in [-0.39, 0.29) is 0 Å². The summed E-state index contributed by atoms with van der Waals surface area (Å²) in [6.45, 7) is 6.79. The molecule has 0 saturated carbocycles. The summed E-state index contributed by atoms with van der Waals surface area (Å²) in [7, 11) is 0. The Balaban J connectivity index is 1.40. The number of rotatable bonds is 5. The topological polar surface area (TPSA) is 45.8 Å². The van der Waals surface area contributed by atoms with Crippen LogP contribution in [0.3, 0.4) is 0 Å². The normalized spacial score (nSPS) is 20.2. The predicted octanol–water partition coefficient (Wildman–Crippen LogP) is 3.02. The average Bonchev–Trinajstić information content (AvgIpc) is 2.65. The van der Waals surface area contributed by atoms with Gasteiger partial charge in [-0.2, -0.15) is 0 Å². The Labute approximate surface area is 156 Å². The van der Waals surface area contributed by atoms with E-state index in [1.165, 1.54) is 12.8 Å². The van der Waals surface area contributed by atoms with E-state index in [4.69, 9.17) is 21.7 Å². The summed E-state index contributed by atoms with van der Waals surface area (Å²) < 4.78 is 10.9. The number of ether oxygens (including phenoxy) is 2. The SMILES string of the molecule is CCOc1ccc(NC(=S)NC2CCN(C3CCOCC3)CC2)cc1. The van der Waals surface area contributed by atoms with E-state index < -0.39 is 0 Å². The summed E-state index contributed by atoms with van der Waals surface area (Å²) in [5.74, 6) is 0.882. The number of likely N-dealkylation sites (tertiary alicyclic amines) is 1. The van der Waals surface area contributed by atoms with E-state index in [9.17, 15) is 0 Å². The minimum Gasteiger partial charge on any atom is -0.494 e. The standard InChI is InChI=1S/C19H29N3O2S/c1-2-24-18-5-3-15(4-6-18)20-19(25)21-16-7-11-22(12-8-16)17-9-13-23-14-10-17/h3-6,16-17H,2,7-14H2,1H3,(H2,20,21,25). The van der Waals surface area contributed by atoms with Crippen LogP contribution in [-0.2, 0) is 4.74 Å². The number of hydrogen-bond donors (Lipinski definition) is 2. The Bertz CT molecular complexity index is 538. The second-order valence-electron chi connectivity index (χ2n) is 6.71. The first-order valence-corrected chi connectivity index (χ1v) is 9.77. The molecule has 0 unspecified atom stereocenters. The van der Waals surface area contributed by atoms with E-state index in [1.807, 2.05) is 31.2 Å². The van der Waals surface area contributed by atoms with Gasteiger partial charge in [-0.3, -0.25) is 0 Å². The van der Waals surface area contributed by atoms with Crippen molar-refractivity contribution < 1.29 is 9.47 Å². The summed E-state index contributed by atoms with van der Waals surface area (Å²) in [6, 6.07) is 9.07. The third kappa shape index (κ3) is 5.56. The van der Waals surface area contributed by atoms with Gasteiger partial charge in [0.25, 0.3) is 0 Å². The van der Waals surface area contributed by atoms with Crippen LogP contribution < -0.4 is 15.4 Å². The fourth-order valence-electron chi connectivity index (χ4n) is 3.61. The zero-order valence-electron chi connectivity index (χ0n) is 15.0. The van der Waals surface area contributed by atoms with Gasteiger partial charge < -0.3 is 25.0 Å². The number of piperidine rings is 1. The Morgan fingerprint density at radius 1 is 1.16 bits per heavy atom. The quantitative estimate of drug-likeness (QED) is 0.784. The first-order valence-electron chi connectivity index (χ1n) is 9.37. The molecule has 0 atom stereocenters. The van der Waals surface area contributed by atoms with Crippen molar-refractivity contribution in [3.8, 4) is 5.75 Å². The van der Waals surface area contributed by atoms with Crippen molar-refractivity contribution in [1.29, 1.82) is 0 Å². The molecular formula is C19H29N3O2S. The molecule has 0 radical (unpaired) electrons. The lowest BCUT2D eigenvalue weighted by atomic mass is 10.00. The van der Waals surface area contributed by atoms with Crippen LogP contribution in [0.4, 0.5) is 5.69 Å². The second-order valence-corrected chi connectivity index (χ2v) is 7.12. The van der Waals surface area contributed by atoms with Gasteiger partial charge in [-0.1, -0.05) is 0 Å². The molecule has 1 aromatic carbocycles. The molecular weight excluding hydrogens is 334 g/mol. The Morgan fingerprint density at radius 2 is 1.84 bits per heavy atom. The lowest BCUT2D eigenvalue weighted by Gasteiger charge is -2.39. The van der Waals surface area contributed by atoms with E-state index in [1.54, 1.807) is 0 Å². The number of hydrogen-bond acceptors (Lipinski definition) is 4. The van der Waals surface area contributed by atoms with Gasteiger partial charge in [-0.25, -0.2) is 0 Å². The minimum atomic E-state index is 0.457. The van der Waals surface area contributed by atoms with Crippen LogP contribution in [0.5, 0.6) is 5.75 Å². The van der Waals surface area contributed by atoms with Gasteiger partial charge in [0, 0.05) is 44.1 Å². The van der Waals surface area contributed by atoms with Gasteiger partial charge in [-0.15, -0.1) is 0 Å². The molecule has 5 nitrogen and oxygen atoms in total. The van der Waals surface area contributed by atoms with Crippen LogP contribution in [0.1, 0.15) is 32.6 Å². The zero-order chi connectivity index (χ0) is 17.5. The first-order chi connectivity index (χ1) is 12.2. The highest BCUT2D eigenvalue weighted by Gasteiger charge is 2.26. The minimum absolute atomic E-state index is 0.457. The van der Waals surface area contributed by atoms with Crippen molar-refractivity contribution in [2.45, 2.75) is 44.7 Å². The highest BCUT2D eigenvalue weighted by atomic mass is 32.1. The van der Waals surface area contributed by atoms with Gasteiger partial charge in [0.1, 0.15) is 5.75 Å². The van der Waals surface area contributed by atoms with Crippen molar-refractivity contribution in [3.05, 3.63) is 24.3 Å². The number of anilines is 1. The third-order valence-electron chi connectivity index (χ3n) is 5.00. The van der Waals surface area contributed by atoms with Crippen LogP contribution in [0.2, 0.25) is 0 Å². The van der Waals surface area contributed by atoms with Crippen molar-refractivity contribution in [2.75, 3.05) is 38.2 Å². The summed E-state index contributed by atoms with van der Waals surface area (Å²) >= 11 is 5.47. The molecule has 2 aliphatic rings. The monoisotopic (exact) mass is 363 g/mol. The summed E-state index contributed by atoms with van der Waals surface area (Å²) in [6.07, 6.45) is 4.64. The molecule has 2 saturated heterocycles. The average molecular weight is 364 g/mol. The first kappa shape index (κ1) is 18.4. The zero-order valence-corrected chi connectivity index (χ0v) is 15.8. The molecule has 0 spiro atoms. The van der Waals surface area contributed by atoms with Crippen molar-refractivity contribution in [1.82, 2.24) is 10.2 Å². The fourth-order valence-corrected chi connectivity index (χ4v) is 3.90. The largest absolute Gasteiger partial charge is 0.494 e. The molecule has 3 rings (SSSR count). The third-order valence-corrected chi connectivity index (χ3v) is 5.22. The molecule has 0 aliphatic carbocycles. The smallest absolute Gasteiger partial charge is 0.170 e. The molecule has 0 amide bonds. The molecule has 6 heteroatoms. The molecule has 2 heterocycles. The molecule has 2 aliphatic heterocycles. The lowest BCUT2D eigenvalue weighted by molar-refractivity contribution is 0.0247. The Kier molecular flexibility index (Phi) is 6.90. The molecule has 2 fully saturated rings. The fraction of sp³-hybridized carbons (Fsp3) is 0.632. The summed E-state index contributed by atoms with van der Waals surface area (Å²) in [4.78, 5) is 2.63. The van der Waals surface area contributed by atoms with Crippen LogP contribution in [0.15, 0.2) is 24.3 Å². The maximum Gasteiger partial charge on any atom is 0.170 e. The highest BCUT2D eigenvalue weighted by molar-refractivity contribution is 7.80. The van der Waals surface area contributed by atoms with Crippen molar-refractivity contribution >= 4 is 23.0 Å². The summed E-state index contributed by atoms with van der Waals surface area (Å²) in [5.41, 5.74) is 0.987. The van der Waals surface area contributed by atoms with Gasteiger partial charge in [0.2, 0.25) is 0 Å². The molecule has 0 bridgehead atoms. The Morgan fingerprint density at radius 3 is 2.48 bits per heavy atom. The van der Waals surface area contributed by atoms with E-state index in [2.05, 4.69) is 15.5 Å². The second kappa shape index (κ2) is 9.36. The van der Waals surface area contributed by atoms with E-state index in [0.717, 1.165) is 50.6 Å². The molecule has 0 aromatic heterocycles.